The summed E-state index contributed by atoms with van der Waals surface area (Å²) in [5.74, 6) is -0.0857. The minimum absolute atomic E-state index is 0.0774. The molecule has 0 aliphatic carbocycles. The lowest BCUT2D eigenvalue weighted by Crippen LogP contribution is -2.39. The van der Waals surface area contributed by atoms with Crippen molar-refractivity contribution in [1.29, 1.82) is 5.26 Å². The Bertz CT molecular complexity index is 262. The van der Waals surface area contributed by atoms with E-state index in [-0.39, 0.29) is 19.1 Å². The molecule has 0 radical (unpaired) electrons. The summed E-state index contributed by atoms with van der Waals surface area (Å²) in [4.78, 5) is 13.6. The van der Waals surface area contributed by atoms with Gasteiger partial charge in [-0.2, -0.15) is 5.26 Å². The molecule has 5 heteroatoms. The molecule has 1 rings (SSSR count). The van der Waals surface area contributed by atoms with E-state index in [1.807, 2.05) is 6.07 Å². The fraction of sp³-hybridized carbons (Fsp3) is 0.818. The van der Waals surface area contributed by atoms with Crippen LogP contribution in [0.3, 0.4) is 0 Å². The van der Waals surface area contributed by atoms with Crippen molar-refractivity contribution in [3.63, 3.8) is 0 Å². The van der Waals surface area contributed by atoms with Crippen molar-refractivity contribution in [3.8, 4) is 6.07 Å². The van der Waals surface area contributed by atoms with Crippen molar-refractivity contribution in [2.75, 3.05) is 26.2 Å². The third-order valence-electron chi connectivity index (χ3n) is 2.91. The van der Waals surface area contributed by atoms with Crippen LogP contribution in [-0.2, 0) is 4.79 Å². The molecule has 1 saturated heterocycles. The number of rotatable bonds is 6. The van der Waals surface area contributed by atoms with Gasteiger partial charge in [0.05, 0.1) is 12.6 Å². The first-order chi connectivity index (χ1) is 7.77. The minimum atomic E-state index is -0.0857. The quantitative estimate of drug-likeness (QED) is 0.617. The molecule has 1 fully saturated rings. The topological polar surface area (TPSA) is 76.4 Å². The number of amides is 1. The first kappa shape index (κ1) is 12.9. The predicted octanol–water partition coefficient (Wildman–Crippen LogP) is -0.137. The van der Waals surface area contributed by atoms with Gasteiger partial charge in [0.2, 0.25) is 5.91 Å². The number of nitrogens with one attached hydrogen (secondary N) is 1. The Kier molecular flexibility index (Phi) is 5.83. The first-order valence-electron chi connectivity index (χ1n) is 5.76. The smallest absolute Gasteiger partial charge is 0.235 e. The molecule has 0 aromatic carbocycles. The molecule has 0 saturated carbocycles. The fourth-order valence-electron chi connectivity index (χ4n) is 2.14. The number of hydrogen-bond donors (Lipinski definition) is 2. The molecule has 1 aliphatic heterocycles. The highest BCUT2D eigenvalue weighted by Crippen LogP contribution is 2.20. The lowest BCUT2D eigenvalue weighted by atomic mass is 10.1. The monoisotopic (exact) mass is 225 g/mol. The van der Waals surface area contributed by atoms with Crippen molar-refractivity contribution >= 4 is 5.91 Å². The maximum atomic E-state index is 11.4. The molecule has 0 aromatic heterocycles. The van der Waals surface area contributed by atoms with Gasteiger partial charge in [-0.05, 0) is 32.2 Å². The summed E-state index contributed by atoms with van der Waals surface area (Å²) in [6, 6.07) is 2.30. The Morgan fingerprint density at radius 1 is 1.62 bits per heavy atom. The summed E-state index contributed by atoms with van der Waals surface area (Å²) in [7, 11) is 0. The second kappa shape index (κ2) is 7.20. The van der Waals surface area contributed by atoms with Gasteiger partial charge >= 0.3 is 0 Å². The lowest BCUT2D eigenvalue weighted by molar-refractivity contribution is -0.122. The van der Waals surface area contributed by atoms with Crippen LogP contribution in [0.25, 0.3) is 0 Å². The van der Waals surface area contributed by atoms with Crippen LogP contribution in [0.15, 0.2) is 0 Å². The number of nitrogens with zero attached hydrogens (tertiary/aromatic N) is 2. The maximum absolute atomic E-state index is 11.4. The third kappa shape index (κ3) is 4.17. The molecule has 0 spiro atoms. The molecule has 1 heterocycles. The van der Waals surface area contributed by atoms with Gasteiger partial charge < -0.3 is 10.4 Å². The van der Waals surface area contributed by atoms with Gasteiger partial charge in [0.1, 0.15) is 6.54 Å². The van der Waals surface area contributed by atoms with E-state index >= 15 is 0 Å². The first-order valence-corrected chi connectivity index (χ1v) is 5.76. The molecule has 2 N–H and O–H groups in total. The van der Waals surface area contributed by atoms with Crippen LogP contribution in [-0.4, -0.2) is 48.2 Å². The van der Waals surface area contributed by atoms with E-state index in [1.165, 1.54) is 0 Å². The molecule has 0 aromatic rings. The maximum Gasteiger partial charge on any atom is 0.235 e. The van der Waals surface area contributed by atoms with Gasteiger partial charge in [0.25, 0.3) is 0 Å². The van der Waals surface area contributed by atoms with Crippen molar-refractivity contribution in [3.05, 3.63) is 0 Å². The highest BCUT2D eigenvalue weighted by Gasteiger charge is 2.25. The molecule has 90 valence electrons. The average Bonchev–Trinajstić information content (AvgIpc) is 2.71. The van der Waals surface area contributed by atoms with Crippen LogP contribution in [0.4, 0.5) is 0 Å². The summed E-state index contributed by atoms with van der Waals surface area (Å²) in [5.41, 5.74) is 0. The molecular formula is C11H19N3O2. The molecule has 1 amide bonds. The lowest BCUT2D eigenvalue weighted by Gasteiger charge is -2.23. The van der Waals surface area contributed by atoms with E-state index in [9.17, 15) is 4.79 Å². The van der Waals surface area contributed by atoms with Crippen molar-refractivity contribution in [2.24, 2.45) is 0 Å². The Balaban J connectivity index is 2.29. The van der Waals surface area contributed by atoms with Gasteiger partial charge in [-0.3, -0.25) is 9.69 Å². The molecule has 16 heavy (non-hydrogen) atoms. The fourth-order valence-corrected chi connectivity index (χ4v) is 2.14. The number of aliphatic hydroxyl groups is 1. The molecule has 1 unspecified atom stereocenters. The third-order valence-corrected chi connectivity index (χ3v) is 2.91. The second-order valence-corrected chi connectivity index (χ2v) is 4.07. The van der Waals surface area contributed by atoms with Crippen LogP contribution < -0.4 is 5.32 Å². The molecule has 5 nitrogen and oxygen atoms in total. The average molecular weight is 225 g/mol. The van der Waals surface area contributed by atoms with Gasteiger partial charge in [-0.15, -0.1) is 0 Å². The van der Waals surface area contributed by atoms with Crippen LogP contribution in [0.5, 0.6) is 0 Å². The number of likely N-dealkylation sites (tertiary alicyclic amines) is 1. The number of nitriles is 1. The molecule has 1 aliphatic rings. The molecule has 1 atom stereocenters. The summed E-state index contributed by atoms with van der Waals surface area (Å²) < 4.78 is 0. The standard InChI is InChI=1S/C11H19N3O2/c12-5-6-13-11(16)9-14-7-1-3-10(14)4-2-8-15/h10,15H,1-4,6-9H2,(H,13,16). The summed E-state index contributed by atoms with van der Waals surface area (Å²) in [6.45, 7) is 1.60. The Hall–Kier alpha value is -1.12. The molecular weight excluding hydrogens is 206 g/mol. The number of aliphatic hydroxyl groups excluding tert-OH is 1. The van der Waals surface area contributed by atoms with Gasteiger partial charge in [-0.25, -0.2) is 0 Å². The van der Waals surface area contributed by atoms with E-state index in [0.717, 1.165) is 32.2 Å². The summed E-state index contributed by atoms with van der Waals surface area (Å²) in [6.07, 6.45) is 3.95. The molecule has 0 bridgehead atoms. The van der Waals surface area contributed by atoms with Crippen molar-refractivity contribution < 1.29 is 9.90 Å². The summed E-state index contributed by atoms with van der Waals surface area (Å²) in [5, 5.41) is 19.7. The van der Waals surface area contributed by atoms with Crippen molar-refractivity contribution in [2.45, 2.75) is 31.7 Å². The zero-order valence-corrected chi connectivity index (χ0v) is 9.48. The zero-order valence-electron chi connectivity index (χ0n) is 9.48. The Morgan fingerprint density at radius 3 is 3.12 bits per heavy atom. The van der Waals surface area contributed by atoms with Crippen LogP contribution in [0.1, 0.15) is 25.7 Å². The Morgan fingerprint density at radius 2 is 2.44 bits per heavy atom. The van der Waals surface area contributed by atoms with Crippen LogP contribution >= 0.6 is 0 Å². The van der Waals surface area contributed by atoms with E-state index in [0.29, 0.717) is 12.6 Å². The number of carbonyl (C=O) groups is 1. The largest absolute Gasteiger partial charge is 0.396 e. The zero-order chi connectivity index (χ0) is 11.8. The van der Waals surface area contributed by atoms with Crippen molar-refractivity contribution in [1.82, 2.24) is 10.2 Å². The van der Waals surface area contributed by atoms with E-state index in [4.69, 9.17) is 10.4 Å². The second-order valence-electron chi connectivity index (χ2n) is 4.07. The Labute approximate surface area is 96.0 Å². The normalized spacial score (nSPS) is 20.6. The number of carbonyl (C=O) groups excluding carboxylic acids is 1. The highest BCUT2D eigenvalue weighted by atomic mass is 16.2. The van der Waals surface area contributed by atoms with Gasteiger partial charge in [0.15, 0.2) is 0 Å². The van der Waals surface area contributed by atoms with E-state index < -0.39 is 0 Å². The van der Waals surface area contributed by atoms with Gasteiger partial charge in [0, 0.05) is 12.6 Å². The highest BCUT2D eigenvalue weighted by molar-refractivity contribution is 5.78. The SMILES string of the molecule is N#CCNC(=O)CN1CCCC1CCCO. The number of hydrogen-bond acceptors (Lipinski definition) is 4. The van der Waals surface area contributed by atoms with E-state index in [1.54, 1.807) is 0 Å². The minimum Gasteiger partial charge on any atom is -0.396 e. The predicted molar refractivity (Wildman–Crippen MR) is 59.5 cm³/mol. The van der Waals surface area contributed by atoms with E-state index in [2.05, 4.69) is 10.2 Å². The summed E-state index contributed by atoms with van der Waals surface area (Å²) >= 11 is 0. The van der Waals surface area contributed by atoms with Crippen LogP contribution in [0, 0.1) is 11.3 Å². The van der Waals surface area contributed by atoms with Crippen LogP contribution in [0.2, 0.25) is 0 Å². The van der Waals surface area contributed by atoms with Gasteiger partial charge in [-0.1, -0.05) is 0 Å².